The molecule has 25 heavy (non-hydrogen) atoms. The SMILES string of the molecule is Nc1ncnc2c1ncn2CCCSc1nnc(-c2cccs2)n1N. The third-order valence-electron chi connectivity index (χ3n) is 3.61. The minimum atomic E-state index is 0.399. The molecule has 4 aromatic rings. The van der Waals surface area contributed by atoms with Gasteiger partial charge in [-0.05, 0) is 17.9 Å². The number of nitrogens with two attached hydrogens (primary N) is 2. The van der Waals surface area contributed by atoms with Crippen molar-refractivity contribution in [2.45, 2.75) is 18.1 Å². The largest absolute Gasteiger partial charge is 0.382 e. The van der Waals surface area contributed by atoms with Crippen LogP contribution in [-0.4, -0.2) is 40.1 Å². The molecule has 0 bridgehead atoms. The van der Waals surface area contributed by atoms with Crippen LogP contribution in [0.4, 0.5) is 5.82 Å². The first kappa shape index (κ1) is 15.8. The summed E-state index contributed by atoms with van der Waals surface area (Å²) in [6.07, 6.45) is 4.09. The molecule has 4 N–H and O–H groups in total. The van der Waals surface area contributed by atoms with Gasteiger partial charge in [-0.25, -0.2) is 19.6 Å². The molecule has 0 aliphatic heterocycles. The van der Waals surface area contributed by atoms with E-state index in [0.717, 1.165) is 29.2 Å². The van der Waals surface area contributed by atoms with Crippen molar-refractivity contribution in [1.82, 2.24) is 34.4 Å². The maximum Gasteiger partial charge on any atom is 0.210 e. The van der Waals surface area contributed by atoms with Gasteiger partial charge in [0.05, 0.1) is 11.2 Å². The van der Waals surface area contributed by atoms with Gasteiger partial charge in [-0.2, -0.15) is 0 Å². The van der Waals surface area contributed by atoms with Crippen molar-refractivity contribution < 1.29 is 0 Å². The molecule has 11 heteroatoms. The Labute approximate surface area is 151 Å². The molecule has 4 heterocycles. The predicted molar refractivity (Wildman–Crippen MR) is 98.6 cm³/mol. The molecule has 0 unspecified atom stereocenters. The van der Waals surface area contributed by atoms with Crippen LogP contribution in [-0.2, 0) is 6.54 Å². The normalized spacial score (nSPS) is 11.4. The Bertz CT molecular complexity index is 989. The molecule has 4 aromatic heterocycles. The molecule has 0 aliphatic rings. The fourth-order valence-corrected chi connectivity index (χ4v) is 3.90. The van der Waals surface area contributed by atoms with Crippen LogP contribution in [0.5, 0.6) is 0 Å². The minimum absolute atomic E-state index is 0.399. The van der Waals surface area contributed by atoms with Gasteiger partial charge in [0, 0.05) is 12.3 Å². The van der Waals surface area contributed by atoms with Crippen LogP contribution in [0, 0.1) is 0 Å². The van der Waals surface area contributed by atoms with E-state index in [9.17, 15) is 0 Å². The molecular weight excluding hydrogens is 358 g/mol. The van der Waals surface area contributed by atoms with E-state index < -0.39 is 0 Å². The molecule has 128 valence electrons. The third kappa shape index (κ3) is 3.03. The number of nitrogens with zero attached hydrogens (tertiary/aromatic N) is 7. The van der Waals surface area contributed by atoms with Gasteiger partial charge >= 0.3 is 0 Å². The highest BCUT2D eigenvalue weighted by molar-refractivity contribution is 7.99. The van der Waals surface area contributed by atoms with Crippen molar-refractivity contribution >= 4 is 40.1 Å². The lowest BCUT2D eigenvalue weighted by molar-refractivity contribution is 0.695. The van der Waals surface area contributed by atoms with E-state index in [-0.39, 0.29) is 0 Å². The van der Waals surface area contributed by atoms with Crippen molar-refractivity contribution in [3.8, 4) is 10.7 Å². The van der Waals surface area contributed by atoms with Crippen LogP contribution >= 0.6 is 23.1 Å². The van der Waals surface area contributed by atoms with Gasteiger partial charge in [0.15, 0.2) is 17.3 Å². The Hall–Kier alpha value is -2.66. The Morgan fingerprint density at radius 2 is 2.12 bits per heavy atom. The zero-order valence-electron chi connectivity index (χ0n) is 13.1. The Morgan fingerprint density at radius 3 is 2.96 bits per heavy atom. The van der Waals surface area contributed by atoms with Crippen LogP contribution in [0.3, 0.4) is 0 Å². The standard InChI is InChI=1S/C14H15N9S2/c15-11-10-13(18-7-17-11)22(8-19-10)4-2-6-25-14-21-20-12(23(14)16)9-3-1-5-24-9/h1,3,5,7-8H,2,4,6,16H2,(H2,15,17,18). The smallest absolute Gasteiger partial charge is 0.210 e. The second-order valence-electron chi connectivity index (χ2n) is 5.22. The van der Waals surface area contributed by atoms with Gasteiger partial charge in [0.1, 0.15) is 11.8 Å². The van der Waals surface area contributed by atoms with Crippen molar-refractivity contribution in [2.24, 2.45) is 0 Å². The summed E-state index contributed by atoms with van der Waals surface area (Å²) in [5.74, 6) is 8.03. The quantitative estimate of drug-likeness (QED) is 0.297. The molecule has 0 radical (unpaired) electrons. The zero-order chi connectivity index (χ0) is 17.2. The van der Waals surface area contributed by atoms with Crippen LogP contribution in [0.1, 0.15) is 6.42 Å². The fraction of sp³-hybridized carbons (Fsp3) is 0.214. The van der Waals surface area contributed by atoms with Crippen LogP contribution in [0.15, 0.2) is 35.3 Å². The average molecular weight is 373 g/mol. The molecule has 0 saturated carbocycles. The molecule has 4 rings (SSSR count). The van der Waals surface area contributed by atoms with Crippen molar-refractivity contribution in [3.63, 3.8) is 0 Å². The minimum Gasteiger partial charge on any atom is -0.382 e. The van der Waals surface area contributed by atoms with E-state index in [0.29, 0.717) is 22.3 Å². The summed E-state index contributed by atoms with van der Waals surface area (Å²) in [4.78, 5) is 13.5. The summed E-state index contributed by atoms with van der Waals surface area (Å²) < 4.78 is 3.51. The lowest BCUT2D eigenvalue weighted by Crippen LogP contribution is -2.11. The second-order valence-corrected chi connectivity index (χ2v) is 7.23. The maximum absolute atomic E-state index is 6.09. The summed E-state index contributed by atoms with van der Waals surface area (Å²) in [5.41, 5.74) is 7.18. The van der Waals surface area contributed by atoms with Crippen LogP contribution in [0.25, 0.3) is 21.9 Å². The first-order chi connectivity index (χ1) is 12.2. The van der Waals surface area contributed by atoms with E-state index in [1.54, 1.807) is 29.4 Å². The highest BCUT2D eigenvalue weighted by Crippen LogP contribution is 2.25. The number of hydrogen-bond donors (Lipinski definition) is 2. The third-order valence-corrected chi connectivity index (χ3v) is 5.51. The first-order valence-corrected chi connectivity index (χ1v) is 9.39. The first-order valence-electron chi connectivity index (χ1n) is 7.52. The Morgan fingerprint density at radius 1 is 1.20 bits per heavy atom. The maximum atomic E-state index is 6.09. The molecule has 0 amide bonds. The van der Waals surface area contributed by atoms with Gasteiger partial charge in [-0.3, -0.25) is 0 Å². The number of aromatic nitrogens is 7. The molecule has 0 atom stereocenters. The van der Waals surface area contributed by atoms with Gasteiger partial charge in [0.2, 0.25) is 5.16 Å². The van der Waals surface area contributed by atoms with Gasteiger partial charge in [0.25, 0.3) is 0 Å². The van der Waals surface area contributed by atoms with Gasteiger partial charge in [-0.15, -0.1) is 21.5 Å². The lowest BCUT2D eigenvalue weighted by atomic mass is 10.4. The molecule has 0 spiro atoms. The van der Waals surface area contributed by atoms with E-state index in [2.05, 4.69) is 25.1 Å². The van der Waals surface area contributed by atoms with Crippen molar-refractivity contribution in [2.75, 3.05) is 17.3 Å². The van der Waals surface area contributed by atoms with Gasteiger partial charge in [-0.1, -0.05) is 17.8 Å². The summed E-state index contributed by atoms with van der Waals surface area (Å²) in [6, 6.07) is 3.94. The molecular formula is C14H15N9S2. The van der Waals surface area contributed by atoms with E-state index in [4.69, 9.17) is 11.6 Å². The van der Waals surface area contributed by atoms with E-state index in [1.165, 1.54) is 11.0 Å². The zero-order valence-corrected chi connectivity index (χ0v) is 14.7. The summed E-state index contributed by atoms with van der Waals surface area (Å²) in [5, 5.41) is 11.0. The van der Waals surface area contributed by atoms with E-state index in [1.807, 2.05) is 22.1 Å². The highest BCUT2D eigenvalue weighted by Gasteiger charge is 2.13. The van der Waals surface area contributed by atoms with Crippen LogP contribution < -0.4 is 11.6 Å². The fourth-order valence-electron chi connectivity index (χ4n) is 2.41. The number of rotatable bonds is 6. The number of aryl methyl sites for hydroxylation is 1. The monoisotopic (exact) mass is 373 g/mol. The Balaban J connectivity index is 1.38. The number of thiophene rings is 1. The lowest BCUT2D eigenvalue weighted by Gasteiger charge is -2.04. The molecule has 0 aromatic carbocycles. The van der Waals surface area contributed by atoms with Crippen LogP contribution in [0.2, 0.25) is 0 Å². The Kier molecular flexibility index (Phi) is 4.24. The highest BCUT2D eigenvalue weighted by atomic mass is 32.2. The topological polar surface area (TPSA) is 126 Å². The molecule has 0 saturated heterocycles. The van der Waals surface area contributed by atoms with E-state index >= 15 is 0 Å². The second kappa shape index (κ2) is 6.69. The van der Waals surface area contributed by atoms with Gasteiger partial charge < -0.3 is 16.1 Å². The number of imidazole rings is 1. The number of thioether (sulfide) groups is 1. The molecule has 9 nitrogen and oxygen atoms in total. The number of nitrogen functional groups attached to an aromatic ring is 2. The summed E-state index contributed by atoms with van der Waals surface area (Å²) in [6.45, 7) is 0.774. The summed E-state index contributed by atoms with van der Waals surface area (Å²) >= 11 is 3.16. The van der Waals surface area contributed by atoms with Crippen molar-refractivity contribution in [1.29, 1.82) is 0 Å². The van der Waals surface area contributed by atoms with Crippen molar-refractivity contribution in [3.05, 3.63) is 30.2 Å². The number of fused-ring (bicyclic) bond motifs is 1. The number of anilines is 1. The molecule has 0 aliphatic carbocycles. The predicted octanol–water partition coefficient (Wildman–Crippen LogP) is 1.62. The number of hydrogen-bond acceptors (Lipinski definition) is 9. The molecule has 0 fully saturated rings. The summed E-state index contributed by atoms with van der Waals surface area (Å²) in [7, 11) is 0. The average Bonchev–Trinajstić information content (AvgIpc) is 3.33.